The van der Waals surface area contributed by atoms with Crippen molar-refractivity contribution in [1.82, 2.24) is 4.90 Å². The standard InChI is InChI=1S/C12H23NO2/c1-5-6-10-7-8-13(9-10)11(14)15-12(2,3)4/h10H,5-9H2,1-4H3. The van der Waals surface area contributed by atoms with Crippen molar-refractivity contribution in [3.63, 3.8) is 0 Å². The molecule has 0 aliphatic carbocycles. The van der Waals surface area contributed by atoms with Crippen LogP contribution in [0.1, 0.15) is 47.0 Å². The van der Waals surface area contributed by atoms with Gasteiger partial charge in [0.15, 0.2) is 0 Å². The Labute approximate surface area is 92.8 Å². The van der Waals surface area contributed by atoms with Crippen molar-refractivity contribution < 1.29 is 9.53 Å². The Morgan fingerprint density at radius 3 is 2.67 bits per heavy atom. The van der Waals surface area contributed by atoms with E-state index in [0.717, 1.165) is 19.5 Å². The molecule has 88 valence electrons. The average Bonchev–Trinajstić information content (AvgIpc) is 2.50. The number of amides is 1. The van der Waals surface area contributed by atoms with Crippen LogP contribution in [0.25, 0.3) is 0 Å². The van der Waals surface area contributed by atoms with Gasteiger partial charge in [-0.05, 0) is 39.5 Å². The molecule has 15 heavy (non-hydrogen) atoms. The molecule has 3 nitrogen and oxygen atoms in total. The van der Waals surface area contributed by atoms with Crippen LogP contribution in [-0.4, -0.2) is 29.7 Å². The predicted octanol–water partition coefficient (Wildman–Crippen LogP) is 3.04. The molecule has 0 aromatic carbocycles. The molecule has 1 heterocycles. The lowest BCUT2D eigenvalue weighted by atomic mass is 10.0. The molecule has 1 aliphatic rings. The van der Waals surface area contributed by atoms with Gasteiger partial charge >= 0.3 is 6.09 Å². The Hall–Kier alpha value is -0.730. The number of hydrogen-bond donors (Lipinski definition) is 0. The maximum atomic E-state index is 11.7. The number of carbonyl (C=O) groups is 1. The number of hydrogen-bond acceptors (Lipinski definition) is 2. The van der Waals surface area contributed by atoms with Crippen molar-refractivity contribution in [2.45, 2.75) is 52.6 Å². The van der Waals surface area contributed by atoms with Gasteiger partial charge in [-0.15, -0.1) is 0 Å². The molecule has 1 atom stereocenters. The largest absolute Gasteiger partial charge is 0.444 e. The van der Waals surface area contributed by atoms with Gasteiger partial charge in [-0.3, -0.25) is 0 Å². The summed E-state index contributed by atoms with van der Waals surface area (Å²) in [5.74, 6) is 0.683. The molecule has 1 aliphatic heterocycles. The number of carbonyl (C=O) groups excluding carboxylic acids is 1. The second-order valence-corrected chi connectivity index (χ2v) is 5.37. The molecule has 1 amide bonds. The van der Waals surface area contributed by atoms with Crippen LogP contribution in [0.4, 0.5) is 4.79 Å². The highest BCUT2D eigenvalue weighted by atomic mass is 16.6. The molecule has 1 unspecified atom stereocenters. The summed E-state index contributed by atoms with van der Waals surface area (Å²) in [6.45, 7) is 9.65. The van der Waals surface area contributed by atoms with E-state index < -0.39 is 0 Å². The van der Waals surface area contributed by atoms with Gasteiger partial charge < -0.3 is 9.64 Å². The van der Waals surface area contributed by atoms with E-state index >= 15 is 0 Å². The molecule has 0 bridgehead atoms. The summed E-state index contributed by atoms with van der Waals surface area (Å²) < 4.78 is 5.34. The lowest BCUT2D eigenvalue weighted by Crippen LogP contribution is -2.35. The Morgan fingerprint density at radius 1 is 1.47 bits per heavy atom. The van der Waals surface area contributed by atoms with Gasteiger partial charge in [0.05, 0.1) is 0 Å². The molecule has 0 spiro atoms. The Balaban J connectivity index is 2.37. The van der Waals surface area contributed by atoms with Crippen molar-refractivity contribution in [2.75, 3.05) is 13.1 Å². The monoisotopic (exact) mass is 213 g/mol. The summed E-state index contributed by atoms with van der Waals surface area (Å²) in [6.07, 6.45) is 3.40. The van der Waals surface area contributed by atoms with Crippen LogP contribution < -0.4 is 0 Å². The molecule has 3 heteroatoms. The minimum atomic E-state index is -0.375. The molecule has 0 radical (unpaired) electrons. The highest BCUT2D eigenvalue weighted by Gasteiger charge is 2.28. The van der Waals surface area contributed by atoms with Crippen molar-refractivity contribution in [3.8, 4) is 0 Å². The first-order chi connectivity index (χ1) is 6.92. The lowest BCUT2D eigenvalue weighted by molar-refractivity contribution is 0.0287. The summed E-state index contributed by atoms with van der Waals surface area (Å²) in [5, 5.41) is 0. The van der Waals surface area contributed by atoms with E-state index in [4.69, 9.17) is 4.74 Å². The molecule has 1 saturated heterocycles. The zero-order valence-electron chi connectivity index (χ0n) is 10.4. The van der Waals surface area contributed by atoms with E-state index in [0.29, 0.717) is 5.92 Å². The summed E-state index contributed by atoms with van der Waals surface area (Å²) in [5.41, 5.74) is -0.375. The molecule has 1 rings (SSSR count). The summed E-state index contributed by atoms with van der Waals surface area (Å²) in [6, 6.07) is 0. The number of rotatable bonds is 2. The highest BCUT2D eigenvalue weighted by Crippen LogP contribution is 2.22. The molecule has 0 saturated carbocycles. The predicted molar refractivity (Wildman–Crippen MR) is 60.8 cm³/mol. The van der Waals surface area contributed by atoms with Crippen LogP contribution in [0.2, 0.25) is 0 Å². The smallest absolute Gasteiger partial charge is 0.410 e. The van der Waals surface area contributed by atoms with Crippen LogP contribution >= 0.6 is 0 Å². The van der Waals surface area contributed by atoms with Crippen LogP contribution in [0.5, 0.6) is 0 Å². The van der Waals surface area contributed by atoms with Gasteiger partial charge in [0.25, 0.3) is 0 Å². The minimum Gasteiger partial charge on any atom is -0.444 e. The fraction of sp³-hybridized carbons (Fsp3) is 0.917. The summed E-state index contributed by atoms with van der Waals surface area (Å²) in [7, 11) is 0. The third kappa shape index (κ3) is 4.10. The SMILES string of the molecule is CCCC1CCN(C(=O)OC(C)(C)C)C1. The second kappa shape index (κ2) is 4.86. The molecular formula is C12H23NO2. The Morgan fingerprint density at radius 2 is 2.13 bits per heavy atom. The van der Waals surface area contributed by atoms with Crippen molar-refractivity contribution in [3.05, 3.63) is 0 Å². The fourth-order valence-electron chi connectivity index (χ4n) is 1.97. The zero-order valence-corrected chi connectivity index (χ0v) is 10.4. The highest BCUT2D eigenvalue weighted by molar-refractivity contribution is 5.68. The number of nitrogens with zero attached hydrogens (tertiary/aromatic N) is 1. The summed E-state index contributed by atoms with van der Waals surface area (Å²) in [4.78, 5) is 13.6. The number of ether oxygens (including phenoxy) is 1. The molecule has 0 aromatic heterocycles. The third-order valence-corrected chi connectivity index (χ3v) is 2.63. The lowest BCUT2D eigenvalue weighted by Gasteiger charge is -2.24. The maximum Gasteiger partial charge on any atom is 0.410 e. The topological polar surface area (TPSA) is 29.5 Å². The maximum absolute atomic E-state index is 11.7. The van der Waals surface area contributed by atoms with E-state index in [2.05, 4.69) is 6.92 Å². The van der Waals surface area contributed by atoms with Gasteiger partial charge in [-0.2, -0.15) is 0 Å². The molecule has 0 aromatic rings. The van der Waals surface area contributed by atoms with Crippen LogP contribution in [0.3, 0.4) is 0 Å². The normalized spacial score (nSPS) is 21.9. The van der Waals surface area contributed by atoms with Crippen molar-refractivity contribution in [1.29, 1.82) is 0 Å². The van der Waals surface area contributed by atoms with Crippen molar-refractivity contribution >= 4 is 6.09 Å². The zero-order chi connectivity index (χ0) is 11.5. The number of likely N-dealkylation sites (tertiary alicyclic amines) is 1. The first-order valence-corrected chi connectivity index (χ1v) is 5.90. The third-order valence-electron chi connectivity index (χ3n) is 2.63. The fourth-order valence-corrected chi connectivity index (χ4v) is 1.97. The summed E-state index contributed by atoms with van der Waals surface area (Å²) >= 11 is 0. The van der Waals surface area contributed by atoms with Gasteiger partial charge in [0.1, 0.15) is 5.60 Å². The first-order valence-electron chi connectivity index (χ1n) is 5.90. The van der Waals surface area contributed by atoms with Gasteiger partial charge in [0.2, 0.25) is 0 Å². The van der Waals surface area contributed by atoms with E-state index in [9.17, 15) is 4.79 Å². The second-order valence-electron chi connectivity index (χ2n) is 5.37. The van der Waals surface area contributed by atoms with Crippen LogP contribution in [-0.2, 0) is 4.74 Å². The molecule has 0 N–H and O–H groups in total. The van der Waals surface area contributed by atoms with E-state index in [1.54, 1.807) is 0 Å². The molecule has 1 fully saturated rings. The average molecular weight is 213 g/mol. The van der Waals surface area contributed by atoms with Crippen molar-refractivity contribution in [2.24, 2.45) is 5.92 Å². The molecular weight excluding hydrogens is 190 g/mol. The van der Waals surface area contributed by atoms with Gasteiger partial charge in [-0.1, -0.05) is 13.3 Å². The van der Waals surface area contributed by atoms with E-state index in [-0.39, 0.29) is 11.7 Å². The van der Waals surface area contributed by atoms with Gasteiger partial charge in [0, 0.05) is 13.1 Å². The van der Waals surface area contributed by atoms with E-state index in [1.165, 1.54) is 12.8 Å². The van der Waals surface area contributed by atoms with E-state index in [1.807, 2.05) is 25.7 Å². The van der Waals surface area contributed by atoms with Crippen LogP contribution in [0, 0.1) is 5.92 Å². The van der Waals surface area contributed by atoms with Crippen LogP contribution in [0.15, 0.2) is 0 Å². The quantitative estimate of drug-likeness (QED) is 0.705. The Bertz CT molecular complexity index is 220. The van der Waals surface area contributed by atoms with Gasteiger partial charge in [-0.25, -0.2) is 4.79 Å². The Kier molecular flexibility index (Phi) is 4.00. The minimum absolute atomic E-state index is 0.152. The first kappa shape index (κ1) is 12.3.